The first-order valence-corrected chi connectivity index (χ1v) is 5.70. The van der Waals surface area contributed by atoms with Gasteiger partial charge in [0.2, 0.25) is 0 Å². The molecule has 0 radical (unpaired) electrons. The monoisotopic (exact) mass is 214 g/mol. The summed E-state index contributed by atoms with van der Waals surface area (Å²) in [5.41, 5.74) is 1.04. The van der Waals surface area contributed by atoms with Gasteiger partial charge in [-0.2, -0.15) is 5.26 Å². The molecule has 84 valence electrons. The molecule has 0 aliphatic carbocycles. The van der Waals surface area contributed by atoms with E-state index in [0.29, 0.717) is 0 Å². The molecule has 1 heterocycles. The predicted molar refractivity (Wildman–Crippen MR) is 64.7 cm³/mol. The van der Waals surface area contributed by atoms with Crippen LogP contribution in [0.15, 0.2) is 30.3 Å². The van der Waals surface area contributed by atoms with Crippen molar-refractivity contribution in [2.24, 2.45) is 5.41 Å². The number of hydrogen-bond acceptors (Lipinski definition) is 2. The number of benzene rings is 1. The molecule has 1 aliphatic heterocycles. The number of nitriles is 1. The van der Waals surface area contributed by atoms with Crippen molar-refractivity contribution in [1.82, 2.24) is 4.90 Å². The first-order valence-electron chi connectivity index (χ1n) is 5.70. The van der Waals surface area contributed by atoms with Crippen molar-refractivity contribution in [3.63, 3.8) is 0 Å². The summed E-state index contributed by atoms with van der Waals surface area (Å²) in [5.74, 6) is 0. The maximum absolute atomic E-state index is 9.34. The third kappa shape index (κ3) is 1.52. The number of hydrogen-bond donors (Lipinski definition) is 0. The first kappa shape index (κ1) is 11.2. The second-order valence-corrected chi connectivity index (χ2v) is 5.41. The smallest absolute Gasteiger partial charge is 0.113 e. The Morgan fingerprint density at radius 3 is 2.38 bits per heavy atom. The Kier molecular flexibility index (Phi) is 2.52. The Balaban J connectivity index is 2.13. The van der Waals surface area contributed by atoms with Crippen molar-refractivity contribution in [3.05, 3.63) is 35.9 Å². The highest BCUT2D eigenvalue weighted by molar-refractivity contribution is 5.24. The van der Waals surface area contributed by atoms with Crippen LogP contribution in [0.4, 0.5) is 0 Å². The van der Waals surface area contributed by atoms with Gasteiger partial charge in [0.05, 0.1) is 6.07 Å². The molecule has 1 fully saturated rings. The highest BCUT2D eigenvalue weighted by Crippen LogP contribution is 2.46. The van der Waals surface area contributed by atoms with Crippen molar-refractivity contribution < 1.29 is 0 Å². The Morgan fingerprint density at radius 2 is 1.88 bits per heavy atom. The number of likely N-dealkylation sites (tertiary alicyclic amines) is 1. The average molecular weight is 214 g/mol. The van der Waals surface area contributed by atoms with Gasteiger partial charge in [0, 0.05) is 18.5 Å². The van der Waals surface area contributed by atoms with E-state index < -0.39 is 0 Å². The lowest BCUT2D eigenvalue weighted by Crippen LogP contribution is -2.69. The van der Waals surface area contributed by atoms with Gasteiger partial charge >= 0.3 is 0 Å². The van der Waals surface area contributed by atoms with Gasteiger partial charge in [-0.1, -0.05) is 44.2 Å². The molecule has 0 spiro atoms. The largest absolute Gasteiger partial charge is 0.280 e. The molecule has 0 saturated carbocycles. The zero-order valence-corrected chi connectivity index (χ0v) is 10.2. The van der Waals surface area contributed by atoms with Gasteiger partial charge in [-0.05, 0) is 12.5 Å². The van der Waals surface area contributed by atoms with Crippen LogP contribution in [-0.4, -0.2) is 17.0 Å². The minimum atomic E-state index is -0.331. The minimum Gasteiger partial charge on any atom is -0.280 e. The fourth-order valence-corrected chi connectivity index (χ4v) is 2.37. The topological polar surface area (TPSA) is 27.0 Å². The molecule has 0 bridgehead atoms. The van der Waals surface area contributed by atoms with Crippen LogP contribution in [0.2, 0.25) is 0 Å². The van der Waals surface area contributed by atoms with Gasteiger partial charge in [0.15, 0.2) is 0 Å². The van der Waals surface area contributed by atoms with E-state index in [4.69, 9.17) is 0 Å². The minimum absolute atomic E-state index is 0.0938. The molecule has 2 rings (SSSR count). The summed E-state index contributed by atoms with van der Waals surface area (Å²) < 4.78 is 0. The van der Waals surface area contributed by atoms with E-state index in [1.165, 1.54) is 5.56 Å². The maximum atomic E-state index is 9.34. The van der Waals surface area contributed by atoms with Gasteiger partial charge < -0.3 is 0 Å². The summed E-state index contributed by atoms with van der Waals surface area (Å²) in [5, 5.41) is 9.34. The third-order valence-electron chi connectivity index (χ3n) is 3.97. The van der Waals surface area contributed by atoms with E-state index in [1.807, 2.05) is 25.1 Å². The van der Waals surface area contributed by atoms with Crippen LogP contribution >= 0.6 is 0 Å². The SMILES string of the molecule is CC1(C)CN(Cc2ccccc2)C1(C)C#N. The molecule has 1 atom stereocenters. The van der Waals surface area contributed by atoms with Crippen LogP contribution in [0.5, 0.6) is 0 Å². The predicted octanol–water partition coefficient (Wildman–Crippen LogP) is 2.81. The zero-order chi connectivity index (χ0) is 11.8. The van der Waals surface area contributed by atoms with Crippen molar-refractivity contribution in [2.45, 2.75) is 32.9 Å². The average Bonchev–Trinajstić information content (AvgIpc) is 2.28. The van der Waals surface area contributed by atoms with Gasteiger partial charge in [0.1, 0.15) is 5.54 Å². The van der Waals surface area contributed by atoms with Gasteiger partial charge in [0.25, 0.3) is 0 Å². The molecule has 0 aromatic heterocycles. The van der Waals surface area contributed by atoms with E-state index >= 15 is 0 Å². The second-order valence-electron chi connectivity index (χ2n) is 5.41. The lowest BCUT2D eigenvalue weighted by atomic mass is 9.65. The maximum Gasteiger partial charge on any atom is 0.113 e. The molecule has 16 heavy (non-hydrogen) atoms. The number of nitrogens with zero attached hydrogens (tertiary/aromatic N) is 2. The summed E-state index contributed by atoms with van der Waals surface area (Å²) in [4.78, 5) is 2.25. The normalized spacial score (nSPS) is 28.1. The van der Waals surface area contributed by atoms with Crippen molar-refractivity contribution in [3.8, 4) is 6.07 Å². The summed E-state index contributed by atoms with van der Waals surface area (Å²) in [6.07, 6.45) is 0. The fourth-order valence-electron chi connectivity index (χ4n) is 2.37. The van der Waals surface area contributed by atoms with Crippen LogP contribution < -0.4 is 0 Å². The quantitative estimate of drug-likeness (QED) is 0.757. The Hall–Kier alpha value is -1.33. The van der Waals surface area contributed by atoms with E-state index in [2.05, 4.69) is 36.9 Å². The standard InChI is InChI=1S/C14H18N2/c1-13(2)11-16(14(13,3)10-15)9-12-7-5-4-6-8-12/h4-8H,9,11H2,1-3H3. The summed E-state index contributed by atoms with van der Waals surface area (Å²) in [6.45, 7) is 8.23. The molecule has 1 saturated heterocycles. The summed E-state index contributed by atoms with van der Waals surface area (Å²) in [6, 6.07) is 12.8. The Morgan fingerprint density at radius 1 is 1.25 bits per heavy atom. The summed E-state index contributed by atoms with van der Waals surface area (Å²) in [7, 11) is 0. The fraction of sp³-hybridized carbons (Fsp3) is 0.500. The molecule has 1 aromatic carbocycles. The Bertz CT molecular complexity index is 416. The Labute approximate surface area is 97.5 Å². The third-order valence-corrected chi connectivity index (χ3v) is 3.97. The molecule has 2 heteroatoms. The van der Waals surface area contributed by atoms with Gasteiger partial charge in [-0.15, -0.1) is 0 Å². The van der Waals surface area contributed by atoms with Crippen LogP contribution in [0.3, 0.4) is 0 Å². The highest BCUT2D eigenvalue weighted by atomic mass is 15.3. The first-order chi connectivity index (χ1) is 7.49. The van der Waals surface area contributed by atoms with Crippen molar-refractivity contribution in [1.29, 1.82) is 5.26 Å². The van der Waals surface area contributed by atoms with Crippen molar-refractivity contribution in [2.75, 3.05) is 6.54 Å². The second kappa shape index (κ2) is 3.61. The molecule has 0 N–H and O–H groups in total. The van der Waals surface area contributed by atoms with Gasteiger partial charge in [-0.3, -0.25) is 4.90 Å². The van der Waals surface area contributed by atoms with Crippen LogP contribution in [0.1, 0.15) is 26.3 Å². The lowest BCUT2D eigenvalue weighted by molar-refractivity contribution is -0.0962. The zero-order valence-electron chi connectivity index (χ0n) is 10.2. The van der Waals surface area contributed by atoms with Crippen LogP contribution in [0.25, 0.3) is 0 Å². The van der Waals surface area contributed by atoms with E-state index in [9.17, 15) is 5.26 Å². The molecular weight excluding hydrogens is 196 g/mol. The van der Waals surface area contributed by atoms with E-state index in [0.717, 1.165) is 13.1 Å². The molecule has 1 unspecified atom stereocenters. The summed E-state index contributed by atoms with van der Waals surface area (Å²) >= 11 is 0. The van der Waals surface area contributed by atoms with E-state index in [-0.39, 0.29) is 11.0 Å². The van der Waals surface area contributed by atoms with Crippen molar-refractivity contribution >= 4 is 0 Å². The van der Waals surface area contributed by atoms with Gasteiger partial charge in [-0.25, -0.2) is 0 Å². The molecule has 1 aromatic rings. The highest BCUT2D eigenvalue weighted by Gasteiger charge is 2.56. The molecule has 0 amide bonds. The lowest BCUT2D eigenvalue weighted by Gasteiger charge is -2.58. The molecular formula is C14H18N2. The van der Waals surface area contributed by atoms with Crippen LogP contribution in [-0.2, 0) is 6.54 Å². The molecule has 1 aliphatic rings. The van der Waals surface area contributed by atoms with Crippen LogP contribution in [0, 0.1) is 16.7 Å². The number of rotatable bonds is 2. The molecule has 2 nitrogen and oxygen atoms in total. The van der Waals surface area contributed by atoms with E-state index in [1.54, 1.807) is 0 Å².